The molecule has 2 rings (SSSR count). The minimum Gasteiger partial charge on any atom is -0.755 e. The second-order valence-corrected chi connectivity index (χ2v) is 7.75. The molecule has 0 saturated carbocycles. The van der Waals surface area contributed by atoms with Gasteiger partial charge in [-0.25, -0.2) is 4.79 Å². The average Bonchev–Trinajstić information content (AvgIpc) is 2.80. The summed E-state index contributed by atoms with van der Waals surface area (Å²) in [6.45, 7) is 6.91. The highest BCUT2D eigenvalue weighted by atomic mass is 32.2. The van der Waals surface area contributed by atoms with Gasteiger partial charge in [0.2, 0.25) is 0 Å². The van der Waals surface area contributed by atoms with E-state index in [0.29, 0.717) is 31.1 Å². The number of amides is 1. The molecule has 1 amide bonds. The first-order valence-corrected chi connectivity index (χ1v) is 11.9. The smallest absolute Gasteiger partial charge is 0.338 e. The number of ether oxygens (including phenoxy) is 2. The van der Waals surface area contributed by atoms with Crippen molar-refractivity contribution >= 4 is 34.5 Å². The van der Waals surface area contributed by atoms with E-state index in [0.717, 1.165) is 12.8 Å². The standard InChI is InChI=1S/C23H31N3O6S/c1-4-7-13-24-19-14-17(23(28)31-16-21(27)26(5-2)6-3)15-20(25-33(29)30)22(19)32-18-11-9-8-10-12-18/h8-12,14-15,24-25H,4-7,13,16H2,1-3H3,(H,29,30)/p-1. The molecular formula is C23H30N3O6S-. The Hall–Kier alpha value is -3.11. The van der Waals surface area contributed by atoms with Gasteiger partial charge in [-0.05, 0) is 44.5 Å². The summed E-state index contributed by atoms with van der Waals surface area (Å²) < 4.78 is 36.3. The van der Waals surface area contributed by atoms with Crippen LogP contribution in [0, 0.1) is 0 Å². The lowest BCUT2D eigenvalue weighted by molar-refractivity contribution is -0.134. The van der Waals surface area contributed by atoms with Crippen molar-refractivity contribution in [2.75, 3.05) is 36.3 Å². The molecule has 1 unspecified atom stereocenters. The highest BCUT2D eigenvalue weighted by Crippen LogP contribution is 2.39. The first-order chi connectivity index (χ1) is 15.9. The van der Waals surface area contributed by atoms with Gasteiger partial charge in [-0.1, -0.05) is 31.5 Å². The topological polar surface area (TPSA) is 120 Å². The largest absolute Gasteiger partial charge is 0.755 e. The molecular weight excluding hydrogens is 446 g/mol. The number of likely N-dealkylation sites (N-methyl/N-ethyl adjacent to an activating group) is 1. The molecule has 0 bridgehead atoms. The van der Waals surface area contributed by atoms with E-state index in [1.165, 1.54) is 12.1 Å². The maximum atomic E-state index is 12.7. The Bertz CT molecular complexity index is 951. The Kier molecular flexibility index (Phi) is 10.6. The Morgan fingerprint density at radius 2 is 1.73 bits per heavy atom. The van der Waals surface area contributed by atoms with E-state index in [4.69, 9.17) is 9.47 Å². The van der Waals surface area contributed by atoms with Crippen molar-refractivity contribution in [3.05, 3.63) is 48.0 Å². The van der Waals surface area contributed by atoms with Gasteiger partial charge in [0.25, 0.3) is 5.91 Å². The summed E-state index contributed by atoms with van der Waals surface area (Å²) in [5.41, 5.74) is 0.565. The van der Waals surface area contributed by atoms with Crippen molar-refractivity contribution < 1.29 is 27.8 Å². The van der Waals surface area contributed by atoms with Gasteiger partial charge in [0, 0.05) is 30.9 Å². The fraction of sp³-hybridized carbons (Fsp3) is 0.391. The van der Waals surface area contributed by atoms with Crippen molar-refractivity contribution in [3.8, 4) is 11.5 Å². The van der Waals surface area contributed by atoms with Crippen LogP contribution in [0.15, 0.2) is 42.5 Å². The lowest BCUT2D eigenvalue weighted by Gasteiger charge is -2.20. The molecule has 2 aromatic rings. The van der Waals surface area contributed by atoms with Gasteiger partial charge in [0.05, 0.1) is 16.9 Å². The predicted octanol–water partition coefficient (Wildman–Crippen LogP) is 3.92. The van der Waals surface area contributed by atoms with Gasteiger partial charge in [0.15, 0.2) is 12.4 Å². The fourth-order valence-corrected chi connectivity index (χ4v) is 3.37. The van der Waals surface area contributed by atoms with Crippen LogP contribution in [0.1, 0.15) is 44.0 Å². The molecule has 1 atom stereocenters. The lowest BCUT2D eigenvalue weighted by Crippen LogP contribution is -2.34. The van der Waals surface area contributed by atoms with Crippen molar-refractivity contribution in [1.82, 2.24) is 4.90 Å². The molecule has 0 heterocycles. The first-order valence-electron chi connectivity index (χ1n) is 10.8. The number of anilines is 2. The molecule has 0 saturated heterocycles. The summed E-state index contributed by atoms with van der Waals surface area (Å²) >= 11 is -2.66. The summed E-state index contributed by atoms with van der Waals surface area (Å²) in [7, 11) is 0. The number of carbonyl (C=O) groups is 2. The van der Waals surface area contributed by atoms with E-state index < -0.39 is 23.8 Å². The second kappa shape index (κ2) is 13.4. The average molecular weight is 477 g/mol. The van der Waals surface area contributed by atoms with Crippen LogP contribution in [-0.2, 0) is 20.8 Å². The van der Waals surface area contributed by atoms with Crippen LogP contribution in [0.2, 0.25) is 0 Å². The number of carbonyl (C=O) groups excluding carboxylic acids is 2. The molecule has 10 heteroatoms. The molecule has 0 aliphatic rings. The quantitative estimate of drug-likeness (QED) is 0.255. The van der Waals surface area contributed by atoms with Gasteiger partial charge >= 0.3 is 5.97 Å². The highest BCUT2D eigenvalue weighted by Gasteiger charge is 2.20. The number of para-hydroxylation sites is 1. The van der Waals surface area contributed by atoms with E-state index in [-0.39, 0.29) is 22.9 Å². The fourth-order valence-electron chi connectivity index (χ4n) is 3.04. The molecule has 2 N–H and O–H groups in total. The number of benzene rings is 2. The predicted molar refractivity (Wildman–Crippen MR) is 127 cm³/mol. The van der Waals surface area contributed by atoms with E-state index in [2.05, 4.69) is 10.0 Å². The van der Waals surface area contributed by atoms with E-state index >= 15 is 0 Å². The van der Waals surface area contributed by atoms with Crippen LogP contribution < -0.4 is 14.8 Å². The third-order valence-corrected chi connectivity index (χ3v) is 5.16. The number of nitrogens with zero attached hydrogens (tertiary/aromatic N) is 1. The number of hydrogen-bond donors (Lipinski definition) is 2. The molecule has 0 aliphatic carbocycles. The van der Waals surface area contributed by atoms with Crippen molar-refractivity contribution in [2.24, 2.45) is 0 Å². The Balaban J connectivity index is 2.38. The monoisotopic (exact) mass is 476 g/mol. The highest BCUT2D eigenvalue weighted by molar-refractivity contribution is 7.80. The number of esters is 1. The second-order valence-electron chi connectivity index (χ2n) is 7.07. The van der Waals surface area contributed by atoms with Crippen LogP contribution in [-0.4, -0.2) is 51.8 Å². The number of nitrogens with one attached hydrogen (secondary N) is 2. The molecule has 9 nitrogen and oxygen atoms in total. The van der Waals surface area contributed by atoms with Crippen LogP contribution >= 0.6 is 0 Å². The Morgan fingerprint density at radius 3 is 2.33 bits per heavy atom. The zero-order valence-corrected chi connectivity index (χ0v) is 19.9. The summed E-state index contributed by atoms with van der Waals surface area (Å²) in [4.78, 5) is 26.4. The van der Waals surface area contributed by atoms with Crippen LogP contribution in [0.3, 0.4) is 0 Å². The summed E-state index contributed by atoms with van der Waals surface area (Å²) in [5.74, 6) is -0.342. The minimum absolute atomic E-state index is 0.0655. The van der Waals surface area contributed by atoms with Crippen LogP contribution in [0.5, 0.6) is 11.5 Å². The number of hydrogen-bond acceptors (Lipinski definition) is 7. The Morgan fingerprint density at radius 1 is 1.06 bits per heavy atom. The van der Waals surface area contributed by atoms with Gasteiger partial charge < -0.3 is 29.0 Å². The third-order valence-electron chi connectivity index (χ3n) is 4.77. The number of unbranched alkanes of at least 4 members (excludes halogenated alkanes) is 1. The van der Waals surface area contributed by atoms with Crippen molar-refractivity contribution in [2.45, 2.75) is 33.6 Å². The van der Waals surface area contributed by atoms with E-state index in [9.17, 15) is 18.4 Å². The first kappa shape index (κ1) is 26.1. The SMILES string of the molecule is CCCCNc1cc(C(=O)OCC(=O)N(CC)CC)cc(NS(=O)[O-])c1Oc1ccccc1. The lowest BCUT2D eigenvalue weighted by atomic mass is 10.1. The molecule has 2 aromatic carbocycles. The zero-order chi connectivity index (χ0) is 24.2. The van der Waals surface area contributed by atoms with Gasteiger partial charge in [-0.2, -0.15) is 0 Å². The summed E-state index contributed by atoms with van der Waals surface area (Å²) in [6.07, 6.45) is 1.79. The molecule has 0 aromatic heterocycles. The zero-order valence-electron chi connectivity index (χ0n) is 19.1. The van der Waals surface area contributed by atoms with Crippen LogP contribution in [0.25, 0.3) is 0 Å². The van der Waals surface area contributed by atoms with Gasteiger partial charge in [0.1, 0.15) is 5.75 Å². The summed E-state index contributed by atoms with van der Waals surface area (Å²) in [6, 6.07) is 11.7. The van der Waals surface area contributed by atoms with Crippen molar-refractivity contribution in [1.29, 1.82) is 0 Å². The third kappa shape index (κ3) is 8.07. The molecule has 0 spiro atoms. The van der Waals surface area contributed by atoms with Crippen LogP contribution in [0.4, 0.5) is 11.4 Å². The molecule has 0 fully saturated rings. The minimum atomic E-state index is -2.66. The van der Waals surface area contributed by atoms with E-state index in [1.807, 2.05) is 26.8 Å². The molecule has 0 aliphatic heterocycles. The summed E-state index contributed by atoms with van der Waals surface area (Å²) in [5, 5.41) is 3.20. The normalized spacial score (nSPS) is 11.4. The molecule has 33 heavy (non-hydrogen) atoms. The number of rotatable bonds is 13. The maximum Gasteiger partial charge on any atom is 0.338 e. The van der Waals surface area contributed by atoms with Gasteiger partial charge in [-0.3, -0.25) is 9.00 Å². The van der Waals surface area contributed by atoms with E-state index in [1.54, 1.807) is 29.2 Å². The van der Waals surface area contributed by atoms with Crippen molar-refractivity contribution in [3.63, 3.8) is 0 Å². The maximum absolute atomic E-state index is 12.7. The van der Waals surface area contributed by atoms with Gasteiger partial charge in [-0.15, -0.1) is 0 Å². The molecule has 0 radical (unpaired) electrons. The molecule has 180 valence electrons. The Labute approximate surface area is 196 Å².